The van der Waals surface area contributed by atoms with Crippen molar-refractivity contribution >= 4 is 5.69 Å². The maximum absolute atomic E-state index is 5.39. The highest BCUT2D eigenvalue weighted by molar-refractivity contribution is 5.57. The second-order valence-electron chi connectivity index (χ2n) is 4.90. The molecular weight excluding hydrogens is 254 g/mol. The van der Waals surface area contributed by atoms with Gasteiger partial charge in [-0.2, -0.15) is 4.98 Å². The van der Waals surface area contributed by atoms with Crippen molar-refractivity contribution in [1.82, 2.24) is 19.7 Å². The highest BCUT2D eigenvalue weighted by Crippen LogP contribution is 2.33. The summed E-state index contributed by atoms with van der Waals surface area (Å²) in [6.45, 7) is 0. The largest absolute Gasteiger partial charge is 0.373 e. The Kier molecular flexibility index (Phi) is 2.35. The molecule has 4 rings (SSSR count). The van der Waals surface area contributed by atoms with Crippen molar-refractivity contribution in [3.05, 3.63) is 48.2 Å². The number of fused-ring (bicyclic) bond motifs is 1. The number of hydrogen-bond donors (Lipinski definition) is 1. The quantitative estimate of drug-likeness (QED) is 0.770. The van der Waals surface area contributed by atoms with Crippen LogP contribution in [0.2, 0.25) is 0 Å². The Morgan fingerprint density at radius 3 is 3.05 bits per heavy atom. The lowest BCUT2D eigenvalue weighted by Gasteiger charge is -2.04. The molecule has 1 N–H and O–H groups in total. The van der Waals surface area contributed by atoms with Gasteiger partial charge in [-0.25, -0.2) is 4.98 Å². The number of imidazole rings is 1. The summed E-state index contributed by atoms with van der Waals surface area (Å²) in [5.41, 5.74) is 3.26. The fourth-order valence-corrected chi connectivity index (χ4v) is 2.50. The standard InChI is InChI=1S/C14H13N5O/c1-19-8-15-7-12(19)13-17-14(20-18-13)11-6-9-4-2-3-5-10(9)16-11/h2-5,7-8,11,16H,6H2,1H3. The number of hydrogen-bond acceptors (Lipinski definition) is 5. The van der Waals surface area contributed by atoms with Crippen LogP contribution in [-0.4, -0.2) is 19.7 Å². The number of rotatable bonds is 2. The van der Waals surface area contributed by atoms with Gasteiger partial charge in [0.25, 0.3) is 0 Å². The Morgan fingerprint density at radius 2 is 2.25 bits per heavy atom. The second kappa shape index (κ2) is 4.19. The van der Waals surface area contributed by atoms with Gasteiger partial charge in [-0.05, 0) is 11.6 Å². The monoisotopic (exact) mass is 267 g/mol. The molecule has 3 aromatic rings. The van der Waals surface area contributed by atoms with Gasteiger partial charge in [-0.15, -0.1) is 0 Å². The van der Waals surface area contributed by atoms with Gasteiger partial charge in [-0.3, -0.25) is 0 Å². The molecule has 1 atom stereocenters. The molecule has 20 heavy (non-hydrogen) atoms. The Labute approximate surface area is 115 Å². The van der Waals surface area contributed by atoms with E-state index in [-0.39, 0.29) is 6.04 Å². The minimum absolute atomic E-state index is 0.0434. The van der Waals surface area contributed by atoms with E-state index in [2.05, 4.69) is 32.6 Å². The van der Waals surface area contributed by atoms with Crippen LogP contribution < -0.4 is 5.32 Å². The molecule has 1 aliphatic heterocycles. The van der Waals surface area contributed by atoms with E-state index in [9.17, 15) is 0 Å². The zero-order valence-corrected chi connectivity index (χ0v) is 10.9. The molecule has 0 amide bonds. The minimum Gasteiger partial charge on any atom is -0.373 e. The van der Waals surface area contributed by atoms with Gasteiger partial charge in [0.1, 0.15) is 11.7 Å². The molecule has 0 spiro atoms. The highest BCUT2D eigenvalue weighted by atomic mass is 16.5. The molecule has 2 aromatic heterocycles. The fourth-order valence-electron chi connectivity index (χ4n) is 2.50. The summed E-state index contributed by atoms with van der Waals surface area (Å²) >= 11 is 0. The van der Waals surface area contributed by atoms with Crippen molar-refractivity contribution in [3.8, 4) is 11.5 Å². The maximum atomic E-state index is 5.39. The van der Waals surface area contributed by atoms with Crippen molar-refractivity contribution in [3.63, 3.8) is 0 Å². The van der Waals surface area contributed by atoms with Crippen LogP contribution in [-0.2, 0) is 13.5 Å². The Balaban J connectivity index is 1.63. The molecule has 0 bridgehead atoms. The zero-order chi connectivity index (χ0) is 13.5. The third-order valence-electron chi connectivity index (χ3n) is 3.56. The third-order valence-corrected chi connectivity index (χ3v) is 3.56. The highest BCUT2D eigenvalue weighted by Gasteiger charge is 2.27. The summed E-state index contributed by atoms with van der Waals surface area (Å²) in [6, 6.07) is 8.27. The molecule has 1 aliphatic rings. The second-order valence-corrected chi connectivity index (χ2v) is 4.90. The molecule has 0 radical (unpaired) electrons. The Bertz CT molecular complexity index is 735. The van der Waals surface area contributed by atoms with E-state index in [0.717, 1.165) is 17.8 Å². The first-order chi connectivity index (χ1) is 9.81. The molecule has 0 saturated carbocycles. The third kappa shape index (κ3) is 1.69. The van der Waals surface area contributed by atoms with Gasteiger partial charge in [0.05, 0.1) is 12.5 Å². The first-order valence-electron chi connectivity index (χ1n) is 6.46. The van der Waals surface area contributed by atoms with Crippen LogP contribution in [0.1, 0.15) is 17.5 Å². The maximum Gasteiger partial charge on any atom is 0.249 e. The smallest absolute Gasteiger partial charge is 0.249 e. The molecule has 0 aliphatic carbocycles. The van der Waals surface area contributed by atoms with Crippen molar-refractivity contribution in [2.45, 2.75) is 12.5 Å². The van der Waals surface area contributed by atoms with Gasteiger partial charge in [-0.1, -0.05) is 23.4 Å². The number of nitrogens with zero attached hydrogens (tertiary/aromatic N) is 4. The van der Waals surface area contributed by atoms with Crippen LogP contribution in [0.25, 0.3) is 11.5 Å². The molecule has 0 saturated heterocycles. The summed E-state index contributed by atoms with van der Waals surface area (Å²) in [6.07, 6.45) is 4.31. The molecule has 3 heterocycles. The Morgan fingerprint density at radius 1 is 1.35 bits per heavy atom. The number of benzene rings is 1. The van der Waals surface area contributed by atoms with Crippen molar-refractivity contribution < 1.29 is 4.52 Å². The van der Waals surface area contributed by atoms with E-state index < -0.39 is 0 Å². The molecule has 0 fully saturated rings. The van der Waals surface area contributed by atoms with E-state index >= 15 is 0 Å². The van der Waals surface area contributed by atoms with Crippen molar-refractivity contribution in [2.24, 2.45) is 7.05 Å². The molecule has 1 aromatic carbocycles. The van der Waals surface area contributed by atoms with Crippen LogP contribution >= 0.6 is 0 Å². The average Bonchev–Trinajstić information content (AvgIpc) is 3.15. The van der Waals surface area contributed by atoms with Gasteiger partial charge in [0, 0.05) is 19.2 Å². The summed E-state index contributed by atoms with van der Waals surface area (Å²) in [7, 11) is 1.90. The summed E-state index contributed by atoms with van der Waals surface area (Å²) in [4.78, 5) is 8.54. The lowest BCUT2D eigenvalue weighted by Crippen LogP contribution is -2.06. The van der Waals surface area contributed by atoms with Gasteiger partial charge in [0.2, 0.25) is 11.7 Å². The zero-order valence-electron chi connectivity index (χ0n) is 10.9. The van der Waals surface area contributed by atoms with Gasteiger partial charge in [0.15, 0.2) is 0 Å². The predicted octanol–water partition coefficient (Wildman–Crippen LogP) is 2.18. The number of aryl methyl sites for hydroxylation is 1. The Hall–Kier alpha value is -2.63. The SMILES string of the molecule is Cn1cncc1-c1noc(C2Cc3ccccc3N2)n1. The van der Waals surface area contributed by atoms with E-state index in [1.807, 2.05) is 23.7 Å². The van der Waals surface area contributed by atoms with Gasteiger partial charge >= 0.3 is 0 Å². The number of anilines is 1. The predicted molar refractivity (Wildman–Crippen MR) is 73.0 cm³/mol. The first-order valence-corrected chi connectivity index (χ1v) is 6.46. The number of nitrogens with one attached hydrogen (secondary N) is 1. The lowest BCUT2D eigenvalue weighted by molar-refractivity contribution is 0.364. The molecule has 6 nitrogen and oxygen atoms in total. The van der Waals surface area contributed by atoms with E-state index in [4.69, 9.17) is 4.52 Å². The van der Waals surface area contributed by atoms with Crippen LogP contribution in [0.5, 0.6) is 0 Å². The van der Waals surface area contributed by atoms with Crippen LogP contribution in [0.15, 0.2) is 41.3 Å². The molecule has 1 unspecified atom stereocenters. The summed E-state index contributed by atoms with van der Waals surface area (Å²) in [5.74, 6) is 1.18. The summed E-state index contributed by atoms with van der Waals surface area (Å²) in [5, 5.41) is 7.45. The molecule has 100 valence electrons. The van der Waals surface area contributed by atoms with Crippen LogP contribution in [0, 0.1) is 0 Å². The van der Waals surface area contributed by atoms with Gasteiger partial charge < -0.3 is 14.4 Å². The average molecular weight is 267 g/mol. The number of aromatic nitrogens is 4. The lowest BCUT2D eigenvalue weighted by atomic mass is 10.1. The minimum atomic E-state index is 0.0434. The normalized spacial score (nSPS) is 16.9. The van der Waals surface area contributed by atoms with Crippen molar-refractivity contribution in [2.75, 3.05) is 5.32 Å². The van der Waals surface area contributed by atoms with Crippen molar-refractivity contribution in [1.29, 1.82) is 0 Å². The molecular formula is C14H13N5O. The number of para-hydroxylation sites is 1. The van der Waals surface area contributed by atoms with Crippen LogP contribution in [0.3, 0.4) is 0 Å². The van der Waals surface area contributed by atoms with E-state index in [0.29, 0.717) is 11.7 Å². The molecule has 6 heteroatoms. The van der Waals surface area contributed by atoms with Crippen LogP contribution in [0.4, 0.5) is 5.69 Å². The topological polar surface area (TPSA) is 68.8 Å². The van der Waals surface area contributed by atoms with E-state index in [1.165, 1.54) is 5.56 Å². The van der Waals surface area contributed by atoms with E-state index in [1.54, 1.807) is 12.5 Å². The summed E-state index contributed by atoms with van der Waals surface area (Å²) < 4.78 is 7.26. The first kappa shape index (κ1) is 11.2. The fraction of sp³-hybridized carbons (Fsp3) is 0.214.